The summed E-state index contributed by atoms with van der Waals surface area (Å²) in [7, 11) is 0. The van der Waals surface area contributed by atoms with Gasteiger partial charge in [-0.15, -0.1) is 0 Å². The van der Waals surface area contributed by atoms with Crippen molar-refractivity contribution < 1.29 is 9.59 Å². The van der Waals surface area contributed by atoms with E-state index < -0.39 is 6.04 Å². The third-order valence-corrected chi connectivity index (χ3v) is 5.04. The van der Waals surface area contributed by atoms with Gasteiger partial charge in [0.2, 0.25) is 11.8 Å². The standard InChI is InChI=1S/C24H32N2O2/c1-5-6-14-25-24(28)20(4)26(17-22-13-8-7-11-19(22)3)23(27)16-21-12-9-10-18(2)15-21/h7-13,15,20H,5-6,14,16-17H2,1-4H3,(H,25,28). The number of aryl methyl sites for hydroxylation is 2. The number of unbranched alkanes of at least 4 members (excludes halogenated alkanes) is 1. The minimum atomic E-state index is -0.520. The molecule has 0 aliphatic carbocycles. The van der Waals surface area contributed by atoms with Crippen LogP contribution >= 0.6 is 0 Å². The van der Waals surface area contributed by atoms with E-state index >= 15 is 0 Å². The Kier molecular flexibility index (Phi) is 8.24. The van der Waals surface area contributed by atoms with Crippen molar-refractivity contribution in [3.8, 4) is 0 Å². The van der Waals surface area contributed by atoms with Crippen molar-refractivity contribution in [1.82, 2.24) is 10.2 Å². The van der Waals surface area contributed by atoms with Crippen LogP contribution in [0.4, 0.5) is 0 Å². The SMILES string of the molecule is CCCCNC(=O)C(C)N(Cc1ccccc1C)C(=O)Cc1cccc(C)c1. The van der Waals surface area contributed by atoms with E-state index in [0.717, 1.165) is 35.1 Å². The Morgan fingerprint density at radius 2 is 1.82 bits per heavy atom. The molecule has 1 unspecified atom stereocenters. The lowest BCUT2D eigenvalue weighted by molar-refractivity contribution is -0.140. The van der Waals surface area contributed by atoms with Gasteiger partial charge in [-0.2, -0.15) is 0 Å². The molecule has 2 aromatic rings. The zero-order chi connectivity index (χ0) is 20.5. The van der Waals surface area contributed by atoms with Crippen LogP contribution in [0, 0.1) is 13.8 Å². The van der Waals surface area contributed by atoms with Crippen LogP contribution in [0.1, 0.15) is 48.9 Å². The largest absolute Gasteiger partial charge is 0.354 e. The third kappa shape index (κ3) is 6.22. The smallest absolute Gasteiger partial charge is 0.242 e. The van der Waals surface area contributed by atoms with Crippen molar-refractivity contribution in [3.05, 3.63) is 70.8 Å². The van der Waals surface area contributed by atoms with Crippen LogP contribution in [0.5, 0.6) is 0 Å². The number of nitrogens with one attached hydrogen (secondary N) is 1. The first kappa shape index (κ1) is 21.7. The molecule has 0 aromatic heterocycles. The fourth-order valence-electron chi connectivity index (χ4n) is 3.19. The predicted molar refractivity (Wildman–Crippen MR) is 114 cm³/mol. The number of carbonyl (C=O) groups excluding carboxylic acids is 2. The molecule has 0 saturated heterocycles. The van der Waals surface area contributed by atoms with Gasteiger partial charge in [0, 0.05) is 13.1 Å². The number of rotatable bonds is 9. The van der Waals surface area contributed by atoms with Crippen molar-refractivity contribution in [2.45, 2.75) is 59.5 Å². The molecule has 0 heterocycles. The van der Waals surface area contributed by atoms with Crippen molar-refractivity contribution in [2.75, 3.05) is 6.54 Å². The Labute approximate surface area is 169 Å². The first-order valence-corrected chi connectivity index (χ1v) is 10.1. The van der Waals surface area contributed by atoms with Crippen LogP contribution in [-0.2, 0) is 22.6 Å². The molecule has 4 nitrogen and oxygen atoms in total. The van der Waals surface area contributed by atoms with Gasteiger partial charge in [0.1, 0.15) is 6.04 Å². The van der Waals surface area contributed by atoms with Crippen LogP contribution in [0.3, 0.4) is 0 Å². The Bertz CT molecular complexity index is 801. The van der Waals surface area contributed by atoms with Crippen LogP contribution in [0.15, 0.2) is 48.5 Å². The van der Waals surface area contributed by atoms with Gasteiger partial charge in [-0.3, -0.25) is 9.59 Å². The van der Waals surface area contributed by atoms with Gasteiger partial charge in [0.05, 0.1) is 6.42 Å². The fourth-order valence-corrected chi connectivity index (χ4v) is 3.19. The topological polar surface area (TPSA) is 49.4 Å². The molecule has 0 aliphatic rings. The summed E-state index contributed by atoms with van der Waals surface area (Å²) in [5, 5.41) is 2.96. The molecule has 4 heteroatoms. The second kappa shape index (κ2) is 10.6. The van der Waals surface area contributed by atoms with Gasteiger partial charge < -0.3 is 10.2 Å². The summed E-state index contributed by atoms with van der Waals surface area (Å²) in [5.41, 5.74) is 4.28. The summed E-state index contributed by atoms with van der Waals surface area (Å²) >= 11 is 0. The third-order valence-electron chi connectivity index (χ3n) is 5.04. The van der Waals surface area contributed by atoms with E-state index in [0.29, 0.717) is 19.5 Å². The Balaban J connectivity index is 2.20. The fraction of sp³-hybridized carbons (Fsp3) is 0.417. The summed E-state index contributed by atoms with van der Waals surface area (Å²) in [6.45, 7) is 9.02. The lowest BCUT2D eigenvalue weighted by atomic mass is 10.0. The van der Waals surface area contributed by atoms with E-state index in [4.69, 9.17) is 0 Å². The first-order chi connectivity index (χ1) is 13.4. The van der Waals surface area contributed by atoms with Gasteiger partial charge in [0.25, 0.3) is 0 Å². The van der Waals surface area contributed by atoms with Gasteiger partial charge in [-0.25, -0.2) is 0 Å². The average Bonchev–Trinajstić information content (AvgIpc) is 2.67. The highest BCUT2D eigenvalue weighted by Crippen LogP contribution is 2.16. The lowest BCUT2D eigenvalue weighted by Gasteiger charge is -2.29. The van der Waals surface area contributed by atoms with E-state index in [-0.39, 0.29) is 11.8 Å². The second-order valence-corrected chi connectivity index (χ2v) is 7.43. The second-order valence-electron chi connectivity index (χ2n) is 7.43. The quantitative estimate of drug-likeness (QED) is 0.664. The molecule has 0 radical (unpaired) electrons. The van der Waals surface area contributed by atoms with Crippen molar-refractivity contribution in [3.63, 3.8) is 0 Å². The molecule has 1 N–H and O–H groups in total. The molecule has 0 fully saturated rings. The molecule has 0 aliphatic heterocycles. The van der Waals surface area contributed by atoms with E-state index in [9.17, 15) is 9.59 Å². The number of benzene rings is 2. The molecule has 2 amide bonds. The summed E-state index contributed by atoms with van der Waals surface area (Å²) < 4.78 is 0. The normalized spacial score (nSPS) is 11.7. The highest BCUT2D eigenvalue weighted by atomic mass is 16.2. The summed E-state index contributed by atoms with van der Waals surface area (Å²) in [5.74, 6) is -0.133. The number of hydrogen-bond donors (Lipinski definition) is 1. The number of hydrogen-bond acceptors (Lipinski definition) is 2. The van der Waals surface area contributed by atoms with E-state index in [2.05, 4.69) is 12.2 Å². The van der Waals surface area contributed by atoms with Crippen molar-refractivity contribution in [1.29, 1.82) is 0 Å². The van der Waals surface area contributed by atoms with Crippen LogP contribution < -0.4 is 5.32 Å². The molecule has 2 rings (SSSR count). The minimum Gasteiger partial charge on any atom is -0.354 e. The summed E-state index contributed by atoms with van der Waals surface area (Å²) in [4.78, 5) is 27.5. The maximum atomic E-state index is 13.2. The van der Waals surface area contributed by atoms with Gasteiger partial charge in [-0.05, 0) is 43.9 Å². The van der Waals surface area contributed by atoms with Gasteiger partial charge in [0.15, 0.2) is 0 Å². The lowest BCUT2D eigenvalue weighted by Crippen LogP contribution is -2.48. The van der Waals surface area contributed by atoms with E-state index in [1.165, 1.54) is 0 Å². The maximum Gasteiger partial charge on any atom is 0.242 e. The Morgan fingerprint density at radius 1 is 1.07 bits per heavy atom. The summed E-state index contributed by atoms with van der Waals surface area (Å²) in [6.07, 6.45) is 2.25. The maximum absolute atomic E-state index is 13.2. The van der Waals surface area contributed by atoms with E-state index in [1.54, 1.807) is 4.90 Å². The van der Waals surface area contributed by atoms with Crippen LogP contribution in [0.2, 0.25) is 0 Å². The molecule has 28 heavy (non-hydrogen) atoms. The van der Waals surface area contributed by atoms with Crippen molar-refractivity contribution >= 4 is 11.8 Å². The van der Waals surface area contributed by atoms with Crippen molar-refractivity contribution in [2.24, 2.45) is 0 Å². The van der Waals surface area contributed by atoms with Crippen LogP contribution in [-0.4, -0.2) is 29.3 Å². The molecular weight excluding hydrogens is 348 g/mol. The Hall–Kier alpha value is -2.62. The predicted octanol–water partition coefficient (Wildman–Crippen LogP) is 4.18. The molecule has 2 aromatic carbocycles. The summed E-state index contributed by atoms with van der Waals surface area (Å²) in [6, 6.07) is 15.4. The molecule has 0 spiro atoms. The van der Waals surface area contributed by atoms with Crippen LogP contribution in [0.25, 0.3) is 0 Å². The van der Waals surface area contributed by atoms with Gasteiger partial charge in [-0.1, -0.05) is 67.4 Å². The molecular formula is C24H32N2O2. The molecule has 1 atom stereocenters. The Morgan fingerprint density at radius 3 is 2.50 bits per heavy atom. The zero-order valence-electron chi connectivity index (χ0n) is 17.5. The van der Waals surface area contributed by atoms with E-state index in [1.807, 2.05) is 69.3 Å². The number of carbonyl (C=O) groups is 2. The minimum absolute atomic E-state index is 0.0352. The highest BCUT2D eigenvalue weighted by Gasteiger charge is 2.26. The average molecular weight is 381 g/mol. The monoisotopic (exact) mass is 380 g/mol. The number of nitrogens with zero attached hydrogens (tertiary/aromatic N) is 1. The molecule has 150 valence electrons. The zero-order valence-corrected chi connectivity index (χ0v) is 17.5. The molecule has 0 bridgehead atoms. The molecule has 0 saturated carbocycles. The van der Waals surface area contributed by atoms with Gasteiger partial charge >= 0.3 is 0 Å². The number of amides is 2. The highest BCUT2D eigenvalue weighted by molar-refractivity contribution is 5.88. The first-order valence-electron chi connectivity index (χ1n) is 10.1.